The Morgan fingerprint density at radius 2 is 1.73 bits per heavy atom. The minimum Gasteiger partial charge on any atom is -0.384 e. The standard InChI is InChI=1S/C25H24BrN3O/c1-15-4-10-18(11-5-15)29-20-12-25(2,3)13-21(30)23(20)22(19(14-27)24(29)28)16-6-8-17(26)9-7-16/h4-11,22H,12-13,28H2,1-3H3/t22-/m0/s1. The third-order valence-corrected chi connectivity index (χ3v) is 6.41. The smallest absolute Gasteiger partial charge is 0.162 e. The van der Waals surface area contributed by atoms with Crippen LogP contribution in [0.5, 0.6) is 0 Å². The zero-order valence-electron chi connectivity index (χ0n) is 17.4. The maximum Gasteiger partial charge on any atom is 0.162 e. The highest BCUT2D eigenvalue weighted by Crippen LogP contribution is 2.50. The highest BCUT2D eigenvalue weighted by molar-refractivity contribution is 9.10. The molecule has 0 fully saturated rings. The van der Waals surface area contributed by atoms with Crippen molar-refractivity contribution in [2.45, 2.75) is 39.5 Å². The Balaban J connectivity index is 1.98. The van der Waals surface area contributed by atoms with Crippen LogP contribution in [0.4, 0.5) is 5.69 Å². The number of ketones is 1. The van der Waals surface area contributed by atoms with Gasteiger partial charge in [0.1, 0.15) is 5.82 Å². The second kappa shape index (κ2) is 7.45. The monoisotopic (exact) mass is 461 g/mol. The van der Waals surface area contributed by atoms with Gasteiger partial charge in [-0.3, -0.25) is 9.69 Å². The van der Waals surface area contributed by atoms with Crippen molar-refractivity contribution in [2.24, 2.45) is 11.1 Å². The molecule has 0 bridgehead atoms. The van der Waals surface area contributed by atoms with Crippen LogP contribution >= 0.6 is 15.9 Å². The zero-order chi connectivity index (χ0) is 21.6. The molecule has 2 aromatic carbocycles. The summed E-state index contributed by atoms with van der Waals surface area (Å²) in [5.41, 5.74) is 11.4. The molecule has 1 atom stereocenters. The number of allylic oxidation sites excluding steroid dienone is 3. The topological polar surface area (TPSA) is 70.1 Å². The van der Waals surface area contributed by atoms with Gasteiger partial charge in [-0.25, -0.2) is 0 Å². The van der Waals surface area contributed by atoms with Crippen molar-refractivity contribution in [1.29, 1.82) is 5.26 Å². The van der Waals surface area contributed by atoms with Gasteiger partial charge < -0.3 is 5.73 Å². The molecule has 1 heterocycles. The van der Waals surface area contributed by atoms with Crippen LogP contribution in [0.25, 0.3) is 0 Å². The van der Waals surface area contributed by atoms with E-state index in [1.165, 1.54) is 0 Å². The molecule has 0 radical (unpaired) electrons. The lowest BCUT2D eigenvalue weighted by Crippen LogP contribution is -2.42. The van der Waals surface area contributed by atoms with Crippen molar-refractivity contribution in [3.05, 3.63) is 86.8 Å². The molecule has 0 unspecified atom stereocenters. The van der Waals surface area contributed by atoms with Crippen LogP contribution in [0.2, 0.25) is 0 Å². The number of aryl methyl sites for hydroxylation is 1. The minimum atomic E-state index is -0.441. The molecule has 2 N–H and O–H groups in total. The van der Waals surface area contributed by atoms with E-state index in [1.807, 2.05) is 60.4 Å². The maximum atomic E-state index is 13.4. The number of halogens is 1. The van der Waals surface area contributed by atoms with E-state index < -0.39 is 5.92 Å². The maximum absolute atomic E-state index is 13.4. The first-order valence-electron chi connectivity index (χ1n) is 10.00. The number of hydrogen-bond acceptors (Lipinski definition) is 4. The highest BCUT2D eigenvalue weighted by atomic mass is 79.9. The van der Waals surface area contributed by atoms with Crippen molar-refractivity contribution >= 4 is 27.4 Å². The molecule has 0 amide bonds. The number of hydrogen-bond donors (Lipinski definition) is 1. The van der Waals surface area contributed by atoms with E-state index in [0.29, 0.717) is 29.8 Å². The molecular formula is C25H24BrN3O. The molecule has 0 saturated carbocycles. The Labute approximate surface area is 185 Å². The van der Waals surface area contributed by atoms with Gasteiger partial charge in [0.15, 0.2) is 5.78 Å². The second-order valence-corrected chi connectivity index (χ2v) is 9.78. The SMILES string of the molecule is Cc1ccc(N2C(N)=C(C#N)[C@H](c3ccc(Br)cc3)C3=C2CC(C)(C)CC3=O)cc1. The van der Waals surface area contributed by atoms with Crippen molar-refractivity contribution in [1.82, 2.24) is 0 Å². The lowest BCUT2D eigenvalue weighted by atomic mass is 9.68. The molecule has 0 spiro atoms. The molecule has 2 aliphatic rings. The zero-order valence-corrected chi connectivity index (χ0v) is 19.0. The van der Waals surface area contributed by atoms with Gasteiger partial charge in [-0.1, -0.05) is 59.6 Å². The van der Waals surface area contributed by atoms with Gasteiger partial charge in [-0.2, -0.15) is 5.26 Å². The predicted molar refractivity (Wildman–Crippen MR) is 122 cm³/mol. The predicted octanol–water partition coefficient (Wildman–Crippen LogP) is 5.70. The average Bonchev–Trinajstić information content (AvgIpc) is 2.68. The Hall–Kier alpha value is -2.84. The Kier molecular flexibility index (Phi) is 5.07. The van der Waals surface area contributed by atoms with Gasteiger partial charge in [0.2, 0.25) is 0 Å². The molecule has 0 saturated heterocycles. The summed E-state index contributed by atoms with van der Waals surface area (Å²) in [5.74, 6) is 0.0495. The Morgan fingerprint density at radius 1 is 1.10 bits per heavy atom. The number of nitrogens with zero attached hydrogens (tertiary/aromatic N) is 2. The molecule has 5 heteroatoms. The summed E-state index contributed by atoms with van der Waals surface area (Å²) in [6, 6.07) is 18.1. The number of carbonyl (C=O) groups excluding carboxylic acids is 1. The number of rotatable bonds is 2. The summed E-state index contributed by atoms with van der Waals surface area (Å²) in [4.78, 5) is 15.3. The second-order valence-electron chi connectivity index (χ2n) is 8.87. The number of nitriles is 1. The number of anilines is 1. The highest BCUT2D eigenvalue weighted by Gasteiger charge is 2.44. The van der Waals surface area contributed by atoms with Gasteiger partial charge in [0.25, 0.3) is 0 Å². The summed E-state index contributed by atoms with van der Waals surface area (Å²) in [7, 11) is 0. The van der Waals surface area contributed by atoms with Crippen LogP contribution in [0.1, 0.15) is 43.7 Å². The molecule has 2 aromatic rings. The summed E-state index contributed by atoms with van der Waals surface area (Å²) >= 11 is 3.47. The van der Waals surface area contributed by atoms with E-state index >= 15 is 0 Å². The number of nitrogens with two attached hydrogens (primary N) is 1. The fraction of sp³-hybridized carbons (Fsp3) is 0.280. The van der Waals surface area contributed by atoms with Crippen LogP contribution in [0.3, 0.4) is 0 Å². The third-order valence-electron chi connectivity index (χ3n) is 5.88. The van der Waals surface area contributed by atoms with Crippen molar-refractivity contribution in [3.63, 3.8) is 0 Å². The van der Waals surface area contributed by atoms with Gasteiger partial charge in [-0.15, -0.1) is 0 Å². The van der Waals surface area contributed by atoms with Crippen molar-refractivity contribution in [2.75, 3.05) is 4.90 Å². The van der Waals surface area contributed by atoms with Crippen LogP contribution in [0, 0.1) is 23.7 Å². The Bertz CT molecular complexity index is 1120. The minimum absolute atomic E-state index is 0.0894. The number of Topliss-reactive ketones (excluding diaryl/α,β-unsaturated/α-hetero) is 1. The summed E-state index contributed by atoms with van der Waals surface area (Å²) in [6.07, 6.45) is 1.17. The van der Waals surface area contributed by atoms with E-state index in [-0.39, 0.29) is 11.2 Å². The normalized spacial score (nSPS) is 20.8. The molecule has 0 aromatic heterocycles. The molecular weight excluding hydrogens is 438 g/mol. The number of benzene rings is 2. The van der Waals surface area contributed by atoms with Crippen LogP contribution in [-0.2, 0) is 4.79 Å². The fourth-order valence-corrected chi connectivity index (χ4v) is 4.75. The van der Waals surface area contributed by atoms with Crippen molar-refractivity contribution < 1.29 is 4.79 Å². The van der Waals surface area contributed by atoms with Crippen molar-refractivity contribution in [3.8, 4) is 6.07 Å². The van der Waals surface area contributed by atoms with E-state index in [0.717, 1.165) is 27.0 Å². The summed E-state index contributed by atoms with van der Waals surface area (Å²) in [5, 5.41) is 10.1. The van der Waals surface area contributed by atoms with E-state index in [9.17, 15) is 10.1 Å². The first kappa shape index (κ1) is 20.4. The van der Waals surface area contributed by atoms with E-state index in [4.69, 9.17) is 5.73 Å². The van der Waals surface area contributed by atoms with Gasteiger partial charge in [0, 0.05) is 27.9 Å². The quantitative estimate of drug-likeness (QED) is 0.622. The molecule has 4 rings (SSSR count). The third kappa shape index (κ3) is 3.46. The van der Waals surface area contributed by atoms with Crippen LogP contribution in [-0.4, -0.2) is 5.78 Å². The first-order valence-corrected chi connectivity index (χ1v) is 10.8. The van der Waals surface area contributed by atoms with Gasteiger partial charge >= 0.3 is 0 Å². The molecule has 30 heavy (non-hydrogen) atoms. The Morgan fingerprint density at radius 3 is 2.33 bits per heavy atom. The molecule has 1 aliphatic heterocycles. The number of carbonyl (C=O) groups is 1. The average molecular weight is 462 g/mol. The van der Waals surface area contributed by atoms with E-state index in [1.54, 1.807) is 0 Å². The first-order chi connectivity index (χ1) is 14.2. The largest absolute Gasteiger partial charge is 0.384 e. The fourth-order valence-electron chi connectivity index (χ4n) is 4.49. The summed E-state index contributed by atoms with van der Waals surface area (Å²) in [6.45, 7) is 6.24. The van der Waals surface area contributed by atoms with Gasteiger partial charge in [0.05, 0.1) is 17.6 Å². The lowest BCUT2D eigenvalue weighted by molar-refractivity contribution is -0.118. The van der Waals surface area contributed by atoms with Crippen LogP contribution < -0.4 is 10.6 Å². The van der Waals surface area contributed by atoms with Crippen LogP contribution in [0.15, 0.2) is 75.7 Å². The van der Waals surface area contributed by atoms with Gasteiger partial charge in [-0.05, 0) is 48.6 Å². The van der Waals surface area contributed by atoms with E-state index in [2.05, 4.69) is 35.8 Å². The lowest BCUT2D eigenvalue weighted by Gasteiger charge is -2.43. The molecule has 1 aliphatic carbocycles. The molecule has 4 nitrogen and oxygen atoms in total. The summed E-state index contributed by atoms with van der Waals surface area (Å²) < 4.78 is 0.948. The molecule has 152 valence electrons.